The van der Waals surface area contributed by atoms with Gasteiger partial charge in [0.15, 0.2) is 0 Å². The van der Waals surface area contributed by atoms with Crippen LogP contribution in [0.1, 0.15) is 32.4 Å². The fourth-order valence-corrected chi connectivity index (χ4v) is 1.41. The summed E-state index contributed by atoms with van der Waals surface area (Å²) in [6.07, 6.45) is -0.663. The summed E-state index contributed by atoms with van der Waals surface area (Å²) in [4.78, 5) is 11.5. The van der Waals surface area contributed by atoms with Gasteiger partial charge in [-0.2, -0.15) is 0 Å². The lowest BCUT2D eigenvalue weighted by molar-refractivity contribution is -0.125. The number of nitrogens with one attached hydrogen (secondary N) is 1. The van der Waals surface area contributed by atoms with Gasteiger partial charge in [0, 0.05) is 5.92 Å². The van der Waals surface area contributed by atoms with Crippen molar-refractivity contribution in [1.82, 2.24) is 5.32 Å². The first-order valence-corrected chi connectivity index (χ1v) is 5.55. The van der Waals surface area contributed by atoms with Crippen molar-refractivity contribution >= 4 is 5.91 Å². The second-order valence-electron chi connectivity index (χ2n) is 4.31. The molecular weight excluding hydrogens is 202 g/mol. The van der Waals surface area contributed by atoms with E-state index >= 15 is 0 Å². The molecule has 0 saturated heterocycles. The summed E-state index contributed by atoms with van der Waals surface area (Å²) in [6.45, 7) is 5.46. The Morgan fingerprint density at radius 2 is 1.75 bits per heavy atom. The second kappa shape index (κ2) is 5.66. The van der Waals surface area contributed by atoms with E-state index < -0.39 is 6.10 Å². The van der Waals surface area contributed by atoms with Gasteiger partial charge in [-0.15, -0.1) is 0 Å². The van der Waals surface area contributed by atoms with E-state index in [2.05, 4.69) is 5.32 Å². The number of aliphatic hydroxyl groups is 1. The van der Waals surface area contributed by atoms with Crippen LogP contribution in [-0.2, 0) is 4.79 Å². The van der Waals surface area contributed by atoms with E-state index in [9.17, 15) is 9.90 Å². The molecule has 0 aliphatic rings. The Hall–Kier alpha value is -1.35. The van der Waals surface area contributed by atoms with Crippen LogP contribution in [-0.4, -0.2) is 17.1 Å². The first-order chi connectivity index (χ1) is 7.52. The van der Waals surface area contributed by atoms with Crippen LogP contribution >= 0.6 is 0 Å². The Morgan fingerprint density at radius 1 is 1.19 bits per heavy atom. The van der Waals surface area contributed by atoms with Crippen LogP contribution in [0.5, 0.6) is 0 Å². The predicted molar refractivity (Wildman–Crippen MR) is 63.8 cm³/mol. The lowest BCUT2D eigenvalue weighted by Gasteiger charge is -2.21. The number of carbonyl (C=O) groups excluding carboxylic acids is 1. The molecule has 1 rings (SSSR count). The molecule has 0 heterocycles. The summed E-state index contributed by atoms with van der Waals surface area (Å²) < 4.78 is 0. The van der Waals surface area contributed by atoms with Crippen molar-refractivity contribution in [1.29, 1.82) is 0 Å². The summed E-state index contributed by atoms with van der Waals surface area (Å²) in [5, 5.41) is 12.8. The Labute approximate surface area is 96.5 Å². The van der Waals surface area contributed by atoms with E-state index in [1.165, 1.54) is 0 Å². The van der Waals surface area contributed by atoms with Gasteiger partial charge in [-0.3, -0.25) is 4.79 Å². The molecule has 0 saturated carbocycles. The first-order valence-electron chi connectivity index (χ1n) is 5.55. The highest BCUT2D eigenvalue weighted by atomic mass is 16.3. The summed E-state index contributed by atoms with van der Waals surface area (Å²) in [5.41, 5.74) is 0.819. The molecule has 3 heteroatoms. The average molecular weight is 221 g/mol. The largest absolute Gasteiger partial charge is 0.386 e. The fraction of sp³-hybridized carbons (Fsp3) is 0.462. The molecule has 0 radical (unpaired) electrons. The molecule has 1 amide bonds. The minimum Gasteiger partial charge on any atom is -0.386 e. The van der Waals surface area contributed by atoms with Crippen molar-refractivity contribution in [3.05, 3.63) is 35.9 Å². The minimum absolute atomic E-state index is 0.0394. The molecule has 2 atom stereocenters. The van der Waals surface area contributed by atoms with Gasteiger partial charge in [0.25, 0.3) is 0 Å². The molecule has 0 aliphatic heterocycles. The van der Waals surface area contributed by atoms with Crippen LogP contribution in [0.2, 0.25) is 0 Å². The topological polar surface area (TPSA) is 49.3 Å². The third kappa shape index (κ3) is 3.35. The Balaban J connectivity index is 2.61. The molecular formula is C13H19NO2. The number of hydrogen-bond acceptors (Lipinski definition) is 2. The van der Waals surface area contributed by atoms with Gasteiger partial charge in [0.1, 0.15) is 0 Å². The number of benzene rings is 1. The van der Waals surface area contributed by atoms with E-state index in [4.69, 9.17) is 0 Å². The zero-order chi connectivity index (χ0) is 12.1. The highest BCUT2D eigenvalue weighted by molar-refractivity contribution is 5.78. The molecule has 0 aliphatic carbocycles. The Bertz CT molecular complexity index is 335. The number of rotatable bonds is 4. The third-order valence-electron chi connectivity index (χ3n) is 2.51. The zero-order valence-corrected chi connectivity index (χ0v) is 9.97. The molecule has 1 aromatic rings. The molecule has 0 spiro atoms. The third-order valence-corrected chi connectivity index (χ3v) is 2.51. The summed E-state index contributed by atoms with van der Waals surface area (Å²) >= 11 is 0. The summed E-state index contributed by atoms with van der Waals surface area (Å²) in [5.74, 6) is -0.104. The van der Waals surface area contributed by atoms with Gasteiger partial charge in [-0.1, -0.05) is 44.2 Å². The van der Waals surface area contributed by atoms with Crippen LogP contribution in [0.25, 0.3) is 0 Å². The first kappa shape index (κ1) is 12.7. The van der Waals surface area contributed by atoms with Crippen molar-refractivity contribution in [2.45, 2.75) is 32.9 Å². The summed E-state index contributed by atoms with van der Waals surface area (Å²) in [7, 11) is 0. The van der Waals surface area contributed by atoms with E-state index in [1.807, 2.05) is 44.2 Å². The normalized spacial score (nSPS) is 14.6. The van der Waals surface area contributed by atoms with Crippen LogP contribution in [0, 0.1) is 5.92 Å². The number of carbonyl (C=O) groups is 1. The molecule has 0 aromatic heterocycles. The van der Waals surface area contributed by atoms with Crippen LogP contribution in [0.4, 0.5) is 0 Å². The quantitative estimate of drug-likeness (QED) is 0.815. The maximum atomic E-state index is 11.5. The standard InChI is InChI=1S/C13H19NO2/c1-9(2)13(16)14-10(3)12(15)11-7-5-4-6-8-11/h4-10,12,15H,1-3H3,(H,14,16)/t10-,12-/m0/s1. The van der Waals surface area contributed by atoms with Crippen LogP contribution in [0.3, 0.4) is 0 Å². The predicted octanol–water partition coefficient (Wildman–Crippen LogP) is 1.88. The molecule has 16 heavy (non-hydrogen) atoms. The molecule has 0 bridgehead atoms. The SMILES string of the molecule is CC(C)C(=O)N[C@@H](C)[C@H](O)c1ccccc1. The maximum absolute atomic E-state index is 11.5. The Morgan fingerprint density at radius 3 is 2.25 bits per heavy atom. The molecule has 1 aromatic carbocycles. The van der Waals surface area contributed by atoms with Crippen molar-refractivity contribution in [2.75, 3.05) is 0 Å². The minimum atomic E-state index is -0.663. The van der Waals surface area contributed by atoms with Crippen molar-refractivity contribution < 1.29 is 9.90 Å². The van der Waals surface area contributed by atoms with E-state index in [0.29, 0.717) is 0 Å². The second-order valence-corrected chi connectivity index (χ2v) is 4.31. The lowest BCUT2D eigenvalue weighted by Crippen LogP contribution is -2.39. The smallest absolute Gasteiger partial charge is 0.222 e. The van der Waals surface area contributed by atoms with Crippen molar-refractivity contribution in [3.63, 3.8) is 0 Å². The van der Waals surface area contributed by atoms with Gasteiger partial charge in [-0.05, 0) is 12.5 Å². The van der Waals surface area contributed by atoms with Gasteiger partial charge in [0.2, 0.25) is 5.91 Å². The van der Waals surface area contributed by atoms with Gasteiger partial charge >= 0.3 is 0 Å². The van der Waals surface area contributed by atoms with Crippen LogP contribution < -0.4 is 5.32 Å². The monoisotopic (exact) mass is 221 g/mol. The van der Waals surface area contributed by atoms with Gasteiger partial charge < -0.3 is 10.4 Å². The maximum Gasteiger partial charge on any atom is 0.222 e. The Kier molecular flexibility index (Phi) is 4.50. The highest BCUT2D eigenvalue weighted by Gasteiger charge is 2.19. The van der Waals surface area contributed by atoms with E-state index in [1.54, 1.807) is 6.92 Å². The summed E-state index contributed by atoms with van der Waals surface area (Å²) in [6, 6.07) is 9.06. The van der Waals surface area contributed by atoms with Gasteiger partial charge in [-0.25, -0.2) is 0 Å². The molecule has 2 N–H and O–H groups in total. The molecule has 0 unspecified atom stereocenters. The number of amides is 1. The van der Waals surface area contributed by atoms with Crippen molar-refractivity contribution in [3.8, 4) is 0 Å². The average Bonchev–Trinajstić information content (AvgIpc) is 2.28. The fourth-order valence-electron chi connectivity index (χ4n) is 1.41. The van der Waals surface area contributed by atoms with Crippen LogP contribution in [0.15, 0.2) is 30.3 Å². The molecule has 0 fully saturated rings. The highest BCUT2D eigenvalue weighted by Crippen LogP contribution is 2.16. The lowest BCUT2D eigenvalue weighted by atomic mass is 10.0. The zero-order valence-electron chi connectivity index (χ0n) is 9.97. The van der Waals surface area contributed by atoms with Crippen molar-refractivity contribution in [2.24, 2.45) is 5.92 Å². The molecule has 3 nitrogen and oxygen atoms in total. The van der Waals surface area contributed by atoms with E-state index in [0.717, 1.165) is 5.56 Å². The number of hydrogen-bond donors (Lipinski definition) is 2. The molecule has 88 valence electrons. The number of aliphatic hydroxyl groups excluding tert-OH is 1. The van der Waals surface area contributed by atoms with E-state index in [-0.39, 0.29) is 17.9 Å². The van der Waals surface area contributed by atoms with Gasteiger partial charge in [0.05, 0.1) is 12.1 Å².